The summed E-state index contributed by atoms with van der Waals surface area (Å²) in [7, 11) is 0. The average molecular weight is 545 g/mol. The average Bonchev–Trinajstić information content (AvgIpc) is 3.48. The fourth-order valence-corrected chi connectivity index (χ4v) is 5.32. The number of amides is 2. The van der Waals surface area contributed by atoms with E-state index >= 15 is 0 Å². The highest BCUT2D eigenvalue weighted by Crippen LogP contribution is 2.33. The number of nitrogens with one attached hydrogen (secondary N) is 1. The number of aliphatic imine (C=N–C) groups is 1. The van der Waals surface area contributed by atoms with Gasteiger partial charge in [-0.25, -0.2) is 0 Å². The van der Waals surface area contributed by atoms with Crippen LogP contribution in [0, 0.1) is 6.92 Å². The lowest BCUT2D eigenvalue weighted by molar-refractivity contribution is -0.176. The summed E-state index contributed by atoms with van der Waals surface area (Å²) >= 11 is 0. The van der Waals surface area contributed by atoms with Crippen LogP contribution in [0.15, 0.2) is 47.5 Å². The van der Waals surface area contributed by atoms with Crippen LogP contribution in [-0.2, 0) is 22.2 Å². The zero-order valence-electron chi connectivity index (χ0n) is 21.6. The monoisotopic (exact) mass is 544 g/mol. The first kappa shape index (κ1) is 27.3. The van der Waals surface area contributed by atoms with E-state index in [-0.39, 0.29) is 23.2 Å². The molecule has 208 valence electrons. The van der Waals surface area contributed by atoms with E-state index in [1.807, 2.05) is 19.1 Å². The summed E-state index contributed by atoms with van der Waals surface area (Å²) in [5.74, 6) is -0.212. The van der Waals surface area contributed by atoms with Crippen molar-refractivity contribution in [3.63, 3.8) is 0 Å². The number of hydrogen-bond donors (Lipinski definition) is 2. The van der Waals surface area contributed by atoms with Crippen molar-refractivity contribution in [1.82, 2.24) is 15.3 Å². The Morgan fingerprint density at radius 1 is 1.18 bits per heavy atom. The van der Waals surface area contributed by atoms with Crippen molar-refractivity contribution >= 4 is 17.6 Å². The van der Waals surface area contributed by atoms with Gasteiger partial charge in [-0.2, -0.15) is 18.2 Å². The molecule has 0 saturated carbocycles. The molecule has 2 aromatic rings. The SMILES string of the molecule is Cc1cc(C(=O)N2CC[C@@H](O)C2)ccc1CCON1CCC2(CC1)N=C(c1cccc(C(F)(F)F)c1)NC2=O. The van der Waals surface area contributed by atoms with E-state index in [2.05, 4.69) is 10.3 Å². The van der Waals surface area contributed by atoms with E-state index in [0.29, 0.717) is 64.0 Å². The van der Waals surface area contributed by atoms with Crippen LogP contribution in [0.25, 0.3) is 0 Å². The lowest BCUT2D eigenvalue weighted by Crippen LogP contribution is -2.49. The summed E-state index contributed by atoms with van der Waals surface area (Å²) in [6.07, 6.45) is -2.90. The van der Waals surface area contributed by atoms with Crippen molar-refractivity contribution in [2.45, 2.75) is 50.4 Å². The Kier molecular flexibility index (Phi) is 7.49. The molecule has 3 heterocycles. The maximum atomic E-state index is 13.1. The van der Waals surface area contributed by atoms with Crippen LogP contribution >= 0.6 is 0 Å². The minimum atomic E-state index is -4.48. The van der Waals surface area contributed by atoms with E-state index in [1.165, 1.54) is 12.1 Å². The van der Waals surface area contributed by atoms with Crippen molar-refractivity contribution in [2.75, 3.05) is 32.8 Å². The van der Waals surface area contributed by atoms with Crippen LogP contribution in [0.3, 0.4) is 0 Å². The number of alkyl halides is 3. The number of halogens is 3. The number of aliphatic hydroxyl groups excluding tert-OH is 1. The predicted octanol–water partition coefficient (Wildman–Crippen LogP) is 3.11. The molecule has 5 rings (SSSR count). The highest BCUT2D eigenvalue weighted by Gasteiger charge is 2.46. The molecule has 1 atom stereocenters. The van der Waals surface area contributed by atoms with Crippen molar-refractivity contribution in [2.24, 2.45) is 4.99 Å². The molecule has 2 saturated heterocycles. The van der Waals surface area contributed by atoms with Crippen molar-refractivity contribution in [1.29, 1.82) is 0 Å². The van der Waals surface area contributed by atoms with Gasteiger partial charge in [0.15, 0.2) is 0 Å². The molecule has 2 N–H and O–H groups in total. The number of carbonyl (C=O) groups excluding carboxylic acids is 2. The number of β-amino-alcohol motifs (C(OH)–C–C–N with tert-alkyl or cyclic N) is 1. The van der Waals surface area contributed by atoms with Gasteiger partial charge in [0, 0.05) is 37.3 Å². The van der Waals surface area contributed by atoms with Gasteiger partial charge in [-0.05, 0) is 68.0 Å². The Balaban J connectivity index is 1.13. The zero-order chi connectivity index (χ0) is 27.8. The van der Waals surface area contributed by atoms with E-state index < -0.39 is 23.4 Å². The smallest absolute Gasteiger partial charge is 0.391 e. The molecule has 2 aromatic carbocycles. The van der Waals surface area contributed by atoms with Gasteiger partial charge in [-0.15, -0.1) is 0 Å². The Labute approximate surface area is 224 Å². The van der Waals surface area contributed by atoms with E-state index in [1.54, 1.807) is 16.0 Å². The molecule has 0 bridgehead atoms. The van der Waals surface area contributed by atoms with Gasteiger partial charge in [0.25, 0.3) is 11.8 Å². The van der Waals surface area contributed by atoms with Gasteiger partial charge in [0.05, 0.1) is 18.3 Å². The van der Waals surface area contributed by atoms with Crippen LogP contribution in [-0.4, -0.2) is 77.1 Å². The summed E-state index contributed by atoms with van der Waals surface area (Å²) in [6.45, 7) is 4.22. The molecule has 8 nitrogen and oxygen atoms in total. The van der Waals surface area contributed by atoms with Gasteiger partial charge in [-0.3, -0.25) is 19.4 Å². The first-order valence-electron chi connectivity index (χ1n) is 13.1. The van der Waals surface area contributed by atoms with Crippen LogP contribution in [0.5, 0.6) is 0 Å². The van der Waals surface area contributed by atoms with Crippen molar-refractivity contribution in [3.05, 3.63) is 70.3 Å². The quantitative estimate of drug-likeness (QED) is 0.583. The summed E-state index contributed by atoms with van der Waals surface area (Å²) in [5, 5.41) is 14.2. The highest BCUT2D eigenvalue weighted by atomic mass is 19.4. The standard InChI is InChI=1S/C28H31F3N4O4/c1-18-15-21(25(37)34-11-7-23(36)17-34)6-5-19(18)8-14-39-35-12-9-27(10-13-35)26(38)32-24(33-27)20-3-2-4-22(16-20)28(29,30)31/h2-6,15-16,23,36H,7-14,17H2,1H3,(H,32,33,38)/t23-/m1/s1. The number of amidine groups is 1. The molecular weight excluding hydrogens is 513 g/mol. The second-order valence-electron chi connectivity index (χ2n) is 10.4. The van der Waals surface area contributed by atoms with Crippen LogP contribution in [0.4, 0.5) is 13.2 Å². The predicted molar refractivity (Wildman–Crippen MR) is 137 cm³/mol. The van der Waals surface area contributed by atoms with Gasteiger partial charge in [0.1, 0.15) is 11.4 Å². The molecule has 1 spiro atoms. The minimum absolute atomic E-state index is 0.0745. The third-order valence-corrected chi connectivity index (χ3v) is 7.68. The Morgan fingerprint density at radius 2 is 1.95 bits per heavy atom. The Hall–Kier alpha value is -3.28. The topological polar surface area (TPSA) is 94.5 Å². The number of aryl methyl sites for hydroxylation is 1. The fraction of sp³-hybridized carbons (Fsp3) is 0.464. The van der Waals surface area contributed by atoms with Crippen LogP contribution in [0.1, 0.15) is 51.9 Å². The molecule has 0 aromatic heterocycles. The lowest BCUT2D eigenvalue weighted by atomic mass is 9.89. The highest BCUT2D eigenvalue weighted by molar-refractivity contribution is 6.15. The molecule has 0 unspecified atom stereocenters. The van der Waals surface area contributed by atoms with Crippen molar-refractivity contribution < 1.29 is 32.7 Å². The number of carbonyl (C=O) groups is 2. The summed E-state index contributed by atoms with van der Waals surface area (Å²) < 4.78 is 39.3. The van der Waals surface area contributed by atoms with Gasteiger partial charge >= 0.3 is 6.18 Å². The zero-order valence-corrected chi connectivity index (χ0v) is 21.6. The number of nitrogens with zero attached hydrogens (tertiary/aromatic N) is 3. The number of hydrogen-bond acceptors (Lipinski definition) is 6. The van der Waals surface area contributed by atoms with E-state index in [0.717, 1.165) is 23.3 Å². The molecular formula is C28H31F3N4O4. The molecule has 0 radical (unpaired) electrons. The molecule has 2 amide bonds. The number of likely N-dealkylation sites (tertiary alicyclic amines) is 1. The number of aliphatic hydroxyl groups is 1. The number of rotatable bonds is 6. The lowest BCUT2D eigenvalue weighted by Gasteiger charge is -2.34. The number of hydroxylamine groups is 2. The number of piperidine rings is 1. The molecule has 0 aliphatic carbocycles. The minimum Gasteiger partial charge on any atom is -0.391 e. The summed E-state index contributed by atoms with van der Waals surface area (Å²) in [6, 6.07) is 10.4. The first-order valence-corrected chi connectivity index (χ1v) is 13.1. The second-order valence-corrected chi connectivity index (χ2v) is 10.4. The Morgan fingerprint density at radius 3 is 2.62 bits per heavy atom. The van der Waals surface area contributed by atoms with Crippen LogP contribution < -0.4 is 5.32 Å². The van der Waals surface area contributed by atoms with Crippen LogP contribution in [0.2, 0.25) is 0 Å². The van der Waals surface area contributed by atoms with Gasteiger partial charge in [0.2, 0.25) is 0 Å². The normalized spacial score (nSPS) is 21.4. The maximum absolute atomic E-state index is 13.1. The third-order valence-electron chi connectivity index (χ3n) is 7.68. The van der Waals surface area contributed by atoms with Gasteiger partial charge < -0.3 is 15.3 Å². The van der Waals surface area contributed by atoms with E-state index in [9.17, 15) is 27.9 Å². The molecule has 3 aliphatic rings. The van der Waals surface area contributed by atoms with E-state index in [4.69, 9.17) is 4.84 Å². The number of benzene rings is 2. The molecule has 11 heteroatoms. The summed E-state index contributed by atoms with van der Waals surface area (Å²) in [5.41, 5.74) is 1.09. The molecule has 3 aliphatic heterocycles. The second kappa shape index (κ2) is 10.7. The maximum Gasteiger partial charge on any atom is 0.416 e. The fourth-order valence-electron chi connectivity index (χ4n) is 5.32. The third kappa shape index (κ3) is 5.85. The first-order chi connectivity index (χ1) is 18.5. The van der Waals surface area contributed by atoms with Crippen molar-refractivity contribution in [3.8, 4) is 0 Å². The van der Waals surface area contributed by atoms with Gasteiger partial charge in [-0.1, -0.05) is 18.2 Å². The Bertz CT molecular complexity index is 1290. The molecule has 2 fully saturated rings. The largest absolute Gasteiger partial charge is 0.416 e. The summed E-state index contributed by atoms with van der Waals surface area (Å²) in [4.78, 5) is 37.6. The molecule has 39 heavy (non-hydrogen) atoms.